The first-order valence-corrected chi connectivity index (χ1v) is 3.75. The van der Waals surface area contributed by atoms with E-state index in [0.717, 1.165) is 0 Å². The number of hydrogen-bond acceptors (Lipinski definition) is 1. The molecule has 0 fully saturated rings. The Kier molecular flexibility index (Phi) is 2.76. The first-order valence-electron chi connectivity index (χ1n) is 3.75. The summed E-state index contributed by atoms with van der Waals surface area (Å²) in [6, 6.07) is 2.74. The van der Waals surface area contributed by atoms with Gasteiger partial charge in [0.1, 0.15) is 11.6 Å². The Balaban J connectivity index is 3.08. The predicted molar refractivity (Wildman–Crippen MR) is 43.9 cm³/mol. The number of halogens is 2. The third-order valence-corrected chi connectivity index (χ3v) is 1.77. The van der Waals surface area contributed by atoms with Crippen LogP contribution in [0.4, 0.5) is 8.78 Å². The van der Waals surface area contributed by atoms with Gasteiger partial charge in [0, 0.05) is 17.7 Å². The van der Waals surface area contributed by atoms with Crippen molar-refractivity contribution in [3.8, 4) is 0 Å². The molecule has 0 aliphatic rings. The van der Waals surface area contributed by atoms with Crippen LogP contribution in [-0.2, 0) is 6.54 Å². The van der Waals surface area contributed by atoms with Gasteiger partial charge in [-0.05, 0) is 20.0 Å². The van der Waals surface area contributed by atoms with Crippen LogP contribution in [0.1, 0.15) is 11.1 Å². The van der Waals surface area contributed by atoms with Crippen LogP contribution in [0.5, 0.6) is 0 Å². The zero-order chi connectivity index (χ0) is 9.14. The van der Waals surface area contributed by atoms with E-state index in [4.69, 9.17) is 0 Å². The quantitative estimate of drug-likeness (QED) is 0.717. The number of nitrogens with one attached hydrogen (secondary N) is 1. The van der Waals surface area contributed by atoms with E-state index in [1.165, 1.54) is 19.1 Å². The van der Waals surface area contributed by atoms with Gasteiger partial charge in [-0.1, -0.05) is 6.07 Å². The number of benzene rings is 1. The highest BCUT2D eigenvalue weighted by Crippen LogP contribution is 2.15. The summed E-state index contributed by atoms with van der Waals surface area (Å²) in [6.07, 6.45) is 0. The van der Waals surface area contributed by atoms with Crippen LogP contribution in [0.2, 0.25) is 0 Å². The molecule has 1 nitrogen and oxygen atoms in total. The van der Waals surface area contributed by atoms with Crippen molar-refractivity contribution >= 4 is 0 Å². The smallest absolute Gasteiger partial charge is 0.133 e. The molecule has 3 heteroatoms. The summed E-state index contributed by atoms with van der Waals surface area (Å²) in [6.45, 7) is 1.86. The van der Waals surface area contributed by atoms with E-state index in [9.17, 15) is 8.78 Å². The minimum absolute atomic E-state index is 0.0859. The fourth-order valence-corrected chi connectivity index (χ4v) is 1.04. The molecule has 0 saturated heterocycles. The zero-order valence-electron chi connectivity index (χ0n) is 7.12. The molecule has 1 N–H and O–H groups in total. The molecule has 0 saturated carbocycles. The summed E-state index contributed by atoms with van der Waals surface area (Å²) >= 11 is 0. The summed E-state index contributed by atoms with van der Waals surface area (Å²) in [7, 11) is 1.72. The number of hydrogen-bond donors (Lipinski definition) is 1. The Morgan fingerprint density at radius 2 is 2.00 bits per heavy atom. The molecule has 0 radical (unpaired) electrons. The molecule has 12 heavy (non-hydrogen) atoms. The van der Waals surface area contributed by atoms with Gasteiger partial charge in [-0.25, -0.2) is 8.78 Å². The summed E-state index contributed by atoms with van der Waals surface area (Å²) in [5, 5.41) is 2.81. The SMILES string of the molecule is CNCc1ccc(F)c(C)c1F. The highest BCUT2D eigenvalue weighted by Gasteiger charge is 2.07. The van der Waals surface area contributed by atoms with E-state index in [2.05, 4.69) is 5.32 Å². The first kappa shape index (κ1) is 9.13. The molecular weight excluding hydrogens is 160 g/mol. The summed E-state index contributed by atoms with van der Waals surface area (Å²) in [4.78, 5) is 0. The highest BCUT2D eigenvalue weighted by molar-refractivity contribution is 5.26. The Morgan fingerprint density at radius 1 is 1.33 bits per heavy atom. The van der Waals surface area contributed by atoms with Crippen molar-refractivity contribution in [2.24, 2.45) is 0 Å². The zero-order valence-corrected chi connectivity index (χ0v) is 7.12. The van der Waals surface area contributed by atoms with Crippen molar-refractivity contribution < 1.29 is 8.78 Å². The van der Waals surface area contributed by atoms with Crippen LogP contribution in [-0.4, -0.2) is 7.05 Å². The van der Waals surface area contributed by atoms with Crippen LogP contribution >= 0.6 is 0 Å². The molecule has 0 aliphatic heterocycles. The minimum Gasteiger partial charge on any atom is -0.316 e. The fraction of sp³-hybridized carbons (Fsp3) is 0.333. The van der Waals surface area contributed by atoms with E-state index in [1.54, 1.807) is 7.05 Å². The first-order chi connectivity index (χ1) is 5.66. The molecule has 0 aromatic heterocycles. The lowest BCUT2D eigenvalue weighted by molar-refractivity contribution is 0.553. The van der Waals surface area contributed by atoms with Gasteiger partial charge in [0.2, 0.25) is 0 Å². The van der Waals surface area contributed by atoms with Crippen molar-refractivity contribution in [2.75, 3.05) is 7.05 Å². The molecule has 1 aromatic rings. The molecular formula is C9H11F2N. The monoisotopic (exact) mass is 171 g/mol. The third kappa shape index (κ3) is 1.61. The lowest BCUT2D eigenvalue weighted by Crippen LogP contribution is -2.08. The fourth-order valence-electron chi connectivity index (χ4n) is 1.04. The van der Waals surface area contributed by atoms with E-state index in [0.29, 0.717) is 12.1 Å². The molecule has 0 heterocycles. The van der Waals surface area contributed by atoms with Crippen LogP contribution < -0.4 is 5.32 Å². The highest BCUT2D eigenvalue weighted by atomic mass is 19.1. The minimum atomic E-state index is -0.493. The maximum atomic E-state index is 13.2. The van der Waals surface area contributed by atoms with E-state index in [1.807, 2.05) is 0 Å². The van der Waals surface area contributed by atoms with E-state index in [-0.39, 0.29) is 5.56 Å². The van der Waals surface area contributed by atoms with E-state index < -0.39 is 11.6 Å². The summed E-state index contributed by atoms with van der Waals surface area (Å²) < 4.78 is 25.9. The van der Waals surface area contributed by atoms with Crippen LogP contribution in [0.3, 0.4) is 0 Å². The van der Waals surface area contributed by atoms with Gasteiger partial charge in [-0.3, -0.25) is 0 Å². The second-order valence-corrected chi connectivity index (χ2v) is 2.68. The molecule has 0 unspecified atom stereocenters. The average Bonchev–Trinajstić information content (AvgIpc) is 2.07. The molecule has 0 atom stereocenters. The Morgan fingerprint density at radius 3 is 2.58 bits per heavy atom. The van der Waals surface area contributed by atoms with Crippen molar-refractivity contribution in [3.63, 3.8) is 0 Å². The third-order valence-electron chi connectivity index (χ3n) is 1.77. The molecule has 0 bridgehead atoms. The Bertz CT molecular complexity index is 284. The van der Waals surface area contributed by atoms with E-state index >= 15 is 0 Å². The van der Waals surface area contributed by atoms with Crippen LogP contribution in [0.15, 0.2) is 12.1 Å². The standard InChI is InChI=1S/C9H11F2N/c1-6-8(10)4-3-7(5-12-2)9(6)11/h3-4,12H,5H2,1-2H3. The molecule has 0 aliphatic carbocycles. The normalized spacial score (nSPS) is 10.3. The van der Waals surface area contributed by atoms with Crippen LogP contribution in [0, 0.1) is 18.6 Å². The number of rotatable bonds is 2. The lowest BCUT2D eigenvalue weighted by Gasteiger charge is -2.04. The topological polar surface area (TPSA) is 12.0 Å². The van der Waals surface area contributed by atoms with Gasteiger partial charge in [0.15, 0.2) is 0 Å². The van der Waals surface area contributed by atoms with Crippen molar-refractivity contribution in [1.82, 2.24) is 5.32 Å². The lowest BCUT2D eigenvalue weighted by atomic mass is 10.1. The largest absolute Gasteiger partial charge is 0.316 e. The summed E-state index contributed by atoms with van der Waals surface area (Å²) in [5.74, 6) is -0.947. The molecule has 0 amide bonds. The second kappa shape index (κ2) is 3.63. The van der Waals surface area contributed by atoms with Gasteiger partial charge >= 0.3 is 0 Å². The maximum Gasteiger partial charge on any atom is 0.133 e. The summed E-state index contributed by atoms with van der Waals surface area (Å²) in [5.41, 5.74) is 0.583. The van der Waals surface area contributed by atoms with Gasteiger partial charge in [0.05, 0.1) is 0 Å². The van der Waals surface area contributed by atoms with Gasteiger partial charge in [-0.15, -0.1) is 0 Å². The maximum absolute atomic E-state index is 13.2. The van der Waals surface area contributed by atoms with Crippen LogP contribution in [0.25, 0.3) is 0 Å². The van der Waals surface area contributed by atoms with Gasteiger partial charge in [0.25, 0.3) is 0 Å². The molecule has 1 rings (SSSR count). The Hall–Kier alpha value is -0.960. The molecule has 66 valence electrons. The van der Waals surface area contributed by atoms with Gasteiger partial charge < -0.3 is 5.32 Å². The predicted octanol–water partition coefficient (Wildman–Crippen LogP) is 1.99. The second-order valence-electron chi connectivity index (χ2n) is 2.68. The van der Waals surface area contributed by atoms with Gasteiger partial charge in [-0.2, -0.15) is 0 Å². The van der Waals surface area contributed by atoms with Crippen molar-refractivity contribution in [1.29, 1.82) is 0 Å². The molecule has 1 aromatic carbocycles. The van der Waals surface area contributed by atoms with Crippen molar-refractivity contribution in [2.45, 2.75) is 13.5 Å². The Labute approximate surface area is 70.4 Å². The molecule has 0 spiro atoms. The van der Waals surface area contributed by atoms with Crippen molar-refractivity contribution in [3.05, 3.63) is 34.9 Å². The average molecular weight is 171 g/mol.